The molecule has 22 heavy (non-hydrogen) atoms. The van der Waals surface area contributed by atoms with Crippen LogP contribution >= 0.6 is 0 Å². The second kappa shape index (κ2) is 6.38. The van der Waals surface area contributed by atoms with Crippen molar-refractivity contribution in [3.8, 4) is 5.75 Å². The first-order valence-corrected chi connectivity index (χ1v) is 6.94. The number of aromatic nitrogens is 2. The minimum atomic E-state index is -0.413. The molecule has 0 saturated heterocycles. The highest BCUT2D eigenvalue weighted by atomic mass is 19.1. The van der Waals surface area contributed by atoms with E-state index in [1.807, 2.05) is 0 Å². The van der Waals surface area contributed by atoms with Crippen molar-refractivity contribution in [2.24, 2.45) is 0 Å². The van der Waals surface area contributed by atoms with Crippen molar-refractivity contribution >= 4 is 6.03 Å². The van der Waals surface area contributed by atoms with Gasteiger partial charge in [0.15, 0.2) is 11.6 Å². The molecule has 1 aliphatic heterocycles. The number of halogens is 1. The lowest BCUT2D eigenvalue weighted by atomic mass is 10.0. The molecule has 1 aliphatic rings. The summed E-state index contributed by atoms with van der Waals surface area (Å²) in [7, 11) is 0. The first-order valence-electron chi connectivity index (χ1n) is 6.94. The number of nitrogens with zero attached hydrogens (tertiary/aromatic N) is 2. The van der Waals surface area contributed by atoms with Gasteiger partial charge in [0.2, 0.25) is 0 Å². The van der Waals surface area contributed by atoms with Crippen molar-refractivity contribution in [1.29, 1.82) is 0 Å². The summed E-state index contributed by atoms with van der Waals surface area (Å²) < 4.78 is 19.0. The minimum Gasteiger partial charge on any atom is -0.490 e. The van der Waals surface area contributed by atoms with Crippen molar-refractivity contribution in [2.45, 2.75) is 19.0 Å². The highest BCUT2D eigenvalue weighted by Gasteiger charge is 2.25. The molecule has 3 rings (SSSR count). The van der Waals surface area contributed by atoms with Crippen LogP contribution in [0.2, 0.25) is 0 Å². The zero-order valence-electron chi connectivity index (χ0n) is 11.8. The quantitative estimate of drug-likeness (QED) is 0.908. The average Bonchev–Trinajstić information content (AvgIpc) is 2.55. The number of ether oxygens (including phenoxy) is 1. The summed E-state index contributed by atoms with van der Waals surface area (Å²) in [4.78, 5) is 20.0. The molecule has 0 saturated carbocycles. The smallest absolute Gasteiger partial charge is 0.315 e. The summed E-state index contributed by atoms with van der Waals surface area (Å²) in [6.07, 6.45) is 5.30. The summed E-state index contributed by atoms with van der Waals surface area (Å²) in [5, 5.41) is 5.53. The van der Waals surface area contributed by atoms with Crippen LogP contribution in [0.5, 0.6) is 5.75 Å². The van der Waals surface area contributed by atoms with Crippen LogP contribution in [0.25, 0.3) is 0 Å². The predicted molar refractivity (Wildman–Crippen MR) is 76.7 cm³/mol. The van der Waals surface area contributed by atoms with Crippen LogP contribution < -0.4 is 15.4 Å². The number of fused-ring (bicyclic) bond motifs is 1. The molecule has 0 unspecified atom stereocenters. The van der Waals surface area contributed by atoms with Crippen LogP contribution in [0.1, 0.15) is 23.7 Å². The third kappa shape index (κ3) is 3.13. The number of hydrogen-bond acceptors (Lipinski definition) is 4. The normalized spacial score (nSPS) is 16.3. The molecular weight excluding hydrogens is 287 g/mol. The molecule has 2 heterocycles. The number of para-hydroxylation sites is 1. The number of carbonyl (C=O) groups excluding carboxylic acids is 1. The topological polar surface area (TPSA) is 76.1 Å². The van der Waals surface area contributed by atoms with Crippen molar-refractivity contribution in [3.63, 3.8) is 0 Å². The van der Waals surface area contributed by atoms with Gasteiger partial charge in [0, 0.05) is 24.4 Å². The molecule has 6 nitrogen and oxygen atoms in total. The lowest BCUT2D eigenvalue weighted by molar-refractivity contribution is 0.219. The van der Waals surface area contributed by atoms with Crippen LogP contribution in [0.4, 0.5) is 9.18 Å². The maximum Gasteiger partial charge on any atom is 0.315 e. The average molecular weight is 302 g/mol. The van der Waals surface area contributed by atoms with Gasteiger partial charge >= 0.3 is 6.03 Å². The van der Waals surface area contributed by atoms with Gasteiger partial charge in [-0.15, -0.1) is 0 Å². The molecule has 0 bridgehead atoms. The Balaban J connectivity index is 1.62. The second-order valence-electron chi connectivity index (χ2n) is 4.87. The maximum atomic E-state index is 13.7. The van der Waals surface area contributed by atoms with E-state index in [9.17, 15) is 9.18 Å². The number of nitrogens with one attached hydrogen (secondary N) is 2. The fourth-order valence-electron chi connectivity index (χ4n) is 2.34. The van der Waals surface area contributed by atoms with Crippen LogP contribution in [0.15, 0.2) is 36.8 Å². The van der Waals surface area contributed by atoms with Gasteiger partial charge in [0.25, 0.3) is 0 Å². The molecule has 2 amide bonds. The van der Waals surface area contributed by atoms with E-state index in [-0.39, 0.29) is 24.4 Å². The third-order valence-electron chi connectivity index (χ3n) is 3.38. The van der Waals surface area contributed by atoms with E-state index < -0.39 is 5.82 Å². The van der Waals surface area contributed by atoms with Crippen molar-refractivity contribution in [2.75, 3.05) is 6.61 Å². The lowest BCUT2D eigenvalue weighted by Gasteiger charge is -2.26. The molecule has 0 radical (unpaired) electrons. The van der Waals surface area contributed by atoms with Gasteiger partial charge in [0.05, 0.1) is 31.1 Å². The predicted octanol–water partition coefficient (Wildman–Crippen LogP) is 1.94. The van der Waals surface area contributed by atoms with Crippen molar-refractivity contribution in [1.82, 2.24) is 20.6 Å². The molecule has 7 heteroatoms. The van der Waals surface area contributed by atoms with Gasteiger partial charge in [0.1, 0.15) is 0 Å². The van der Waals surface area contributed by atoms with Crippen LogP contribution in [0.3, 0.4) is 0 Å². The zero-order chi connectivity index (χ0) is 15.4. The first-order chi connectivity index (χ1) is 10.7. The molecule has 1 aromatic carbocycles. The second-order valence-corrected chi connectivity index (χ2v) is 4.87. The van der Waals surface area contributed by atoms with E-state index in [0.717, 1.165) is 0 Å². The highest BCUT2D eigenvalue weighted by molar-refractivity contribution is 5.74. The third-order valence-corrected chi connectivity index (χ3v) is 3.38. The molecule has 0 aliphatic carbocycles. The Morgan fingerprint density at radius 1 is 1.41 bits per heavy atom. The van der Waals surface area contributed by atoms with E-state index in [1.165, 1.54) is 6.07 Å². The van der Waals surface area contributed by atoms with E-state index in [0.29, 0.717) is 24.3 Å². The van der Waals surface area contributed by atoms with E-state index in [2.05, 4.69) is 20.6 Å². The first kappa shape index (κ1) is 14.2. The van der Waals surface area contributed by atoms with Crippen LogP contribution in [-0.4, -0.2) is 22.6 Å². The van der Waals surface area contributed by atoms with Gasteiger partial charge < -0.3 is 15.4 Å². The van der Waals surface area contributed by atoms with E-state index >= 15 is 0 Å². The molecule has 0 fully saturated rings. The van der Waals surface area contributed by atoms with Crippen LogP contribution in [-0.2, 0) is 6.54 Å². The summed E-state index contributed by atoms with van der Waals surface area (Å²) in [5.41, 5.74) is 1.32. The van der Waals surface area contributed by atoms with Gasteiger partial charge in [-0.3, -0.25) is 9.97 Å². The number of urea groups is 1. The molecule has 114 valence electrons. The number of benzene rings is 1. The Bertz CT molecular complexity index is 666. The Hall–Kier alpha value is -2.70. The monoisotopic (exact) mass is 302 g/mol. The Labute approximate surface area is 126 Å². The van der Waals surface area contributed by atoms with Crippen molar-refractivity contribution < 1.29 is 13.9 Å². The molecule has 2 aromatic rings. The van der Waals surface area contributed by atoms with Gasteiger partial charge in [-0.05, 0) is 6.07 Å². The Morgan fingerprint density at radius 2 is 2.32 bits per heavy atom. The lowest BCUT2D eigenvalue weighted by Crippen LogP contribution is -2.39. The highest BCUT2D eigenvalue weighted by Crippen LogP contribution is 2.33. The van der Waals surface area contributed by atoms with E-state index in [4.69, 9.17) is 4.74 Å². The number of rotatable bonds is 3. The Morgan fingerprint density at radius 3 is 3.14 bits per heavy atom. The number of carbonyl (C=O) groups is 1. The summed E-state index contributed by atoms with van der Waals surface area (Å²) in [6, 6.07) is 4.09. The Kier molecular flexibility index (Phi) is 4.13. The number of hydrogen-bond donors (Lipinski definition) is 2. The maximum absolute atomic E-state index is 13.7. The van der Waals surface area contributed by atoms with E-state index in [1.54, 1.807) is 30.7 Å². The number of amides is 2. The summed E-state index contributed by atoms with van der Waals surface area (Å²) in [6.45, 7) is 0.641. The summed E-state index contributed by atoms with van der Waals surface area (Å²) >= 11 is 0. The summed E-state index contributed by atoms with van der Waals surface area (Å²) in [5.74, 6) is -0.197. The molecule has 1 aromatic heterocycles. The molecule has 1 atom stereocenters. The zero-order valence-corrected chi connectivity index (χ0v) is 11.8. The molecule has 0 spiro atoms. The SMILES string of the molecule is O=C(NCc1cnccn1)N[C@@H]1CCOc2c(F)cccc21. The fraction of sp³-hybridized carbons (Fsp3) is 0.267. The minimum absolute atomic E-state index is 0.216. The van der Waals surface area contributed by atoms with Crippen molar-refractivity contribution in [3.05, 3.63) is 53.9 Å². The van der Waals surface area contributed by atoms with Gasteiger partial charge in [-0.1, -0.05) is 12.1 Å². The molecular formula is C15H15FN4O2. The van der Waals surface area contributed by atoms with Crippen LogP contribution in [0, 0.1) is 5.82 Å². The van der Waals surface area contributed by atoms with Gasteiger partial charge in [-0.2, -0.15) is 0 Å². The molecule has 2 N–H and O–H groups in total. The largest absolute Gasteiger partial charge is 0.490 e. The standard InChI is InChI=1S/C15H15FN4O2/c16-12-3-1-2-11-13(4-7-22-14(11)12)20-15(21)19-9-10-8-17-5-6-18-10/h1-3,5-6,8,13H,4,7,9H2,(H2,19,20,21)/t13-/m1/s1. The van der Waals surface area contributed by atoms with Gasteiger partial charge in [-0.25, -0.2) is 9.18 Å². The fourth-order valence-corrected chi connectivity index (χ4v) is 2.34.